The van der Waals surface area contributed by atoms with Crippen molar-refractivity contribution in [3.63, 3.8) is 0 Å². The number of anilines is 1. The molecule has 0 unspecified atom stereocenters. The van der Waals surface area contributed by atoms with E-state index in [0.29, 0.717) is 21.4 Å². The van der Waals surface area contributed by atoms with Gasteiger partial charge < -0.3 is 5.32 Å². The van der Waals surface area contributed by atoms with Gasteiger partial charge in [-0.15, -0.1) is 22.7 Å². The van der Waals surface area contributed by atoms with Crippen molar-refractivity contribution >= 4 is 62.6 Å². The second-order valence-corrected chi connectivity index (χ2v) is 10.1. The number of rotatable bonds is 4. The fourth-order valence-corrected chi connectivity index (χ4v) is 6.34. The van der Waals surface area contributed by atoms with Crippen molar-refractivity contribution in [2.24, 2.45) is 5.92 Å². The van der Waals surface area contributed by atoms with Crippen molar-refractivity contribution in [1.82, 2.24) is 4.90 Å². The van der Waals surface area contributed by atoms with Crippen molar-refractivity contribution in [2.75, 3.05) is 11.9 Å². The number of hydrogen-bond donors (Lipinski definition) is 1. The van der Waals surface area contributed by atoms with Crippen LogP contribution in [0.4, 0.5) is 9.80 Å². The minimum absolute atomic E-state index is 0.309. The van der Waals surface area contributed by atoms with Crippen molar-refractivity contribution in [1.29, 1.82) is 5.26 Å². The smallest absolute Gasteiger partial charge is 0.294 e. The zero-order valence-corrected chi connectivity index (χ0v) is 18.0. The van der Waals surface area contributed by atoms with Gasteiger partial charge >= 0.3 is 0 Å². The Morgan fingerprint density at radius 3 is 3.00 bits per heavy atom. The fraction of sp³-hybridized carbons (Fsp3) is 0.300. The molecule has 29 heavy (non-hydrogen) atoms. The molecule has 0 bridgehead atoms. The zero-order valence-electron chi connectivity index (χ0n) is 15.6. The molecule has 0 aromatic carbocycles. The van der Waals surface area contributed by atoms with E-state index in [1.807, 2.05) is 17.5 Å². The van der Waals surface area contributed by atoms with Crippen LogP contribution in [0.2, 0.25) is 0 Å². The van der Waals surface area contributed by atoms with Gasteiger partial charge in [-0.05, 0) is 60.0 Å². The summed E-state index contributed by atoms with van der Waals surface area (Å²) in [5.74, 6) is -0.391. The summed E-state index contributed by atoms with van der Waals surface area (Å²) >= 11 is 3.72. The Morgan fingerprint density at radius 1 is 1.45 bits per heavy atom. The van der Waals surface area contributed by atoms with Crippen molar-refractivity contribution in [3.05, 3.63) is 43.3 Å². The van der Waals surface area contributed by atoms with Gasteiger partial charge in [-0.3, -0.25) is 19.3 Å². The molecule has 1 aliphatic heterocycles. The number of carbonyl (C=O) groups is 3. The molecule has 148 valence electrons. The molecule has 1 aliphatic carbocycles. The Labute approximate surface area is 180 Å². The predicted octanol–water partition coefficient (Wildman–Crippen LogP) is 4.48. The Balaban J connectivity index is 1.47. The highest BCUT2D eigenvalue weighted by Gasteiger charge is 2.36. The van der Waals surface area contributed by atoms with Crippen LogP contribution in [-0.4, -0.2) is 28.5 Å². The Kier molecular flexibility index (Phi) is 5.58. The maximum Gasteiger partial charge on any atom is 0.294 e. The van der Waals surface area contributed by atoms with Crippen molar-refractivity contribution < 1.29 is 14.4 Å². The molecule has 2 aromatic rings. The van der Waals surface area contributed by atoms with Gasteiger partial charge in [0, 0.05) is 9.75 Å². The largest absolute Gasteiger partial charge is 0.315 e. The van der Waals surface area contributed by atoms with E-state index in [-0.39, 0.29) is 6.54 Å². The first-order valence-electron chi connectivity index (χ1n) is 9.09. The van der Waals surface area contributed by atoms with Crippen LogP contribution in [-0.2, 0) is 22.4 Å². The summed E-state index contributed by atoms with van der Waals surface area (Å²) in [7, 11) is 0. The van der Waals surface area contributed by atoms with Gasteiger partial charge in [-0.2, -0.15) is 5.26 Å². The molecule has 6 nitrogen and oxygen atoms in total. The molecule has 1 atom stereocenters. The van der Waals surface area contributed by atoms with Crippen LogP contribution in [0.1, 0.15) is 34.2 Å². The van der Waals surface area contributed by atoms with Crippen LogP contribution < -0.4 is 5.32 Å². The van der Waals surface area contributed by atoms with E-state index in [2.05, 4.69) is 18.3 Å². The molecular weight excluding hydrogens is 426 g/mol. The summed E-state index contributed by atoms with van der Waals surface area (Å²) in [5.41, 5.74) is 1.54. The van der Waals surface area contributed by atoms with E-state index in [1.54, 1.807) is 6.08 Å². The van der Waals surface area contributed by atoms with Crippen LogP contribution in [0.25, 0.3) is 6.08 Å². The number of nitrogens with zero attached hydrogens (tertiary/aromatic N) is 2. The van der Waals surface area contributed by atoms with Gasteiger partial charge in [0.2, 0.25) is 5.91 Å². The van der Waals surface area contributed by atoms with Crippen LogP contribution in [0.5, 0.6) is 0 Å². The van der Waals surface area contributed by atoms with Gasteiger partial charge in [0.05, 0.1) is 10.5 Å². The van der Waals surface area contributed by atoms with Crippen LogP contribution in [0.15, 0.2) is 22.4 Å². The zero-order chi connectivity index (χ0) is 20.5. The molecular formula is C20H17N3O3S3. The van der Waals surface area contributed by atoms with Gasteiger partial charge in [0.15, 0.2) is 0 Å². The molecule has 1 saturated heterocycles. The molecule has 2 aromatic heterocycles. The minimum Gasteiger partial charge on any atom is -0.315 e. The third-order valence-corrected chi connectivity index (χ3v) is 7.76. The lowest BCUT2D eigenvalue weighted by Crippen LogP contribution is -2.36. The molecule has 0 saturated carbocycles. The second kappa shape index (κ2) is 8.14. The summed E-state index contributed by atoms with van der Waals surface area (Å²) < 4.78 is 0. The molecule has 2 aliphatic rings. The van der Waals surface area contributed by atoms with Crippen LogP contribution in [0, 0.1) is 17.2 Å². The molecule has 3 amide bonds. The molecule has 9 heteroatoms. The quantitative estimate of drug-likeness (QED) is 0.704. The van der Waals surface area contributed by atoms with E-state index in [9.17, 15) is 19.6 Å². The van der Waals surface area contributed by atoms with E-state index in [1.165, 1.54) is 22.7 Å². The number of nitriles is 1. The number of fused-ring (bicyclic) bond motifs is 1. The average Bonchev–Trinajstić information content (AvgIpc) is 3.37. The third-order valence-electron chi connectivity index (χ3n) is 4.87. The predicted molar refractivity (Wildman–Crippen MR) is 116 cm³/mol. The van der Waals surface area contributed by atoms with Gasteiger partial charge in [-0.1, -0.05) is 13.0 Å². The lowest BCUT2D eigenvalue weighted by atomic mass is 9.89. The molecule has 0 radical (unpaired) electrons. The summed E-state index contributed by atoms with van der Waals surface area (Å²) in [4.78, 5) is 40.6. The molecule has 4 rings (SSSR count). The monoisotopic (exact) mass is 443 g/mol. The van der Waals surface area contributed by atoms with E-state index in [0.717, 1.165) is 51.2 Å². The first-order valence-corrected chi connectivity index (χ1v) is 11.6. The summed E-state index contributed by atoms with van der Waals surface area (Å²) in [6.45, 7) is 1.81. The Hall–Kier alpha value is -2.41. The number of thioether (sulfide) groups is 1. The first kappa shape index (κ1) is 19.9. The third kappa shape index (κ3) is 4.01. The fourth-order valence-electron chi connectivity index (χ4n) is 3.41. The highest BCUT2D eigenvalue weighted by molar-refractivity contribution is 8.18. The number of nitrogens with one attached hydrogen (secondary N) is 1. The maximum atomic E-state index is 12.5. The van der Waals surface area contributed by atoms with Crippen molar-refractivity contribution in [3.8, 4) is 6.07 Å². The normalized spacial score (nSPS) is 20.1. The first-order chi connectivity index (χ1) is 14.0. The second-order valence-electron chi connectivity index (χ2n) is 7.00. The minimum atomic E-state index is -0.479. The van der Waals surface area contributed by atoms with E-state index in [4.69, 9.17) is 0 Å². The number of amides is 3. The lowest BCUT2D eigenvalue weighted by Gasteiger charge is -2.17. The Bertz CT molecular complexity index is 1060. The maximum absolute atomic E-state index is 12.5. The highest BCUT2D eigenvalue weighted by atomic mass is 32.2. The van der Waals surface area contributed by atoms with Gasteiger partial charge in [0.25, 0.3) is 11.1 Å². The molecule has 3 heterocycles. The molecule has 0 spiro atoms. The van der Waals surface area contributed by atoms with Crippen molar-refractivity contribution in [2.45, 2.75) is 26.2 Å². The van der Waals surface area contributed by atoms with Gasteiger partial charge in [0.1, 0.15) is 17.6 Å². The summed E-state index contributed by atoms with van der Waals surface area (Å²) in [6.07, 6.45) is 4.43. The van der Waals surface area contributed by atoms with E-state index >= 15 is 0 Å². The number of thiophene rings is 2. The van der Waals surface area contributed by atoms with E-state index < -0.39 is 17.1 Å². The number of carbonyl (C=O) groups excluding carboxylic acids is 3. The summed E-state index contributed by atoms with van der Waals surface area (Å²) in [6, 6.07) is 5.92. The standard InChI is InChI=1S/C20H17N3O3S3/c1-11-4-5-13-14(9-21)18(28-15(13)7-11)22-17(24)10-23-19(25)16(29-20(23)26)8-12-3-2-6-27-12/h2-3,6,8,11H,4-5,7,10H2,1H3,(H,22,24)/b16-8-/t11-/m0/s1. The number of imide groups is 1. The Morgan fingerprint density at radius 2 is 2.28 bits per heavy atom. The van der Waals surface area contributed by atoms with Crippen LogP contribution >= 0.6 is 34.4 Å². The number of hydrogen-bond acceptors (Lipinski definition) is 7. The average molecular weight is 444 g/mol. The molecule has 1 fully saturated rings. The van der Waals surface area contributed by atoms with Gasteiger partial charge in [-0.25, -0.2) is 0 Å². The topological polar surface area (TPSA) is 90.3 Å². The highest BCUT2D eigenvalue weighted by Crippen LogP contribution is 2.39. The molecule has 1 N–H and O–H groups in total. The lowest BCUT2D eigenvalue weighted by molar-refractivity contribution is -0.127. The van der Waals surface area contributed by atoms with Crippen LogP contribution in [0.3, 0.4) is 0 Å². The SMILES string of the molecule is C[C@H]1CCc2c(sc(NC(=O)CN3C(=O)S/C(=C\c4cccs4)C3=O)c2C#N)C1. The summed E-state index contributed by atoms with van der Waals surface area (Å²) in [5, 5.41) is 14.2.